The van der Waals surface area contributed by atoms with E-state index in [2.05, 4.69) is 4.98 Å². The second-order valence-corrected chi connectivity index (χ2v) is 5.14. The molecule has 0 spiro atoms. The smallest absolute Gasteiger partial charge is 0.347 e. The molecule has 0 saturated carbocycles. The number of benzene rings is 1. The molecule has 0 atom stereocenters. The Hall–Kier alpha value is -2.39. The predicted octanol–water partition coefficient (Wildman–Crippen LogP) is 3.72. The second-order valence-electron chi connectivity index (χ2n) is 4.14. The predicted molar refractivity (Wildman–Crippen MR) is 84.3 cm³/mol. The zero-order chi connectivity index (χ0) is 24.0. The van der Waals surface area contributed by atoms with Crippen LogP contribution >= 0.6 is 11.3 Å². The van der Waals surface area contributed by atoms with E-state index in [0.29, 0.717) is 5.56 Å². The Bertz CT molecular complexity index is 1040. The van der Waals surface area contributed by atoms with Crippen molar-refractivity contribution in [1.29, 1.82) is 5.26 Å². The summed E-state index contributed by atoms with van der Waals surface area (Å²) in [5, 5.41) is 18.8. The van der Waals surface area contributed by atoms with Crippen LogP contribution in [0.1, 0.15) is 47.0 Å². The van der Waals surface area contributed by atoms with Gasteiger partial charge in [-0.15, -0.1) is 11.3 Å². The van der Waals surface area contributed by atoms with Gasteiger partial charge < -0.3 is 9.84 Å². The van der Waals surface area contributed by atoms with E-state index >= 15 is 0 Å². The average molecular weight is 325 g/mol. The number of aromatic nitrogens is 1. The van der Waals surface area contributed by atoms with Gasteiger partial charge in [0.05, 0.1) is 20.6 Å². The fourth-order valence-electron chi connectivity index (χ4n) is 1.66. The zero-order valence-corrected chi connectivity index (χ0v) is 12.1. The van der Waals surface area contributed by atoms with E-state index in [4.69, 9.17) is 22.2 Å². The summed E-state index contributed by atoms with van der Waals surface area (Å²) in [5.41, 5.74) is 0.287. The molecule has 0 saturated heterocycles. The van der Waals surface area contributed by atoms with Crippen molar-refractivity contribution in [2.24, 2.45) is 5.89 Å². The lowest BCUT2D eigenvalue weighted by Gasteiger charge is -2.10. The number of carboxylic acid groups (broad SMARTS) is 1. The Morgan fingerprint density at radius 3 is 3.05 bits per heavy atom. The number of thiazole rings is 1. The molecule has 0 amide bonds. The third-order valence-corrected chi connectivity index (χ3v) is 3.80. The summed E-state index contributed by atoms with van der Waals surface area (Å²) in [5.74, 6) is -5.30. The highest BCUT2D eigenvalue weighted by molar-refractivity contribution is 7.17. The van der Waals surface area contributed by atoms with Crippen molar-refractivity contribution in [2.75, 3.05) is 6.56 Å². The van der Waals surface area contributed by atoms with Gasteiger partial charge in [-0.05, 0) is 31.0 Å². The molecule has 22 heavy (non-hydrogen) atoms. The molecule has 0 bridgehead atoms. The first-order valence-electron chi connectivity index (χ1n) is 10.4. The van der Waals surface area contributed by atoms with Crippen molar-refractivity contribution >= 4 is 17.3 Å². The molecule has 0 unspecified atom stereocenters. The minimum Gasteiger partial charge on any atom is -0.492 e. The lowest BCUT2D eigenvalue weighted by Crippen LogP contribution is -2.05. The van der Waals surface area contributed by atoms with Gasteiger partial charge in [0.1, 0.15) is 21.7 Å². The van der Waals surface area contributed by atoms with E-state index < -0.39 is 37.9 Å². The molecule has 2 aromatic rings. The normalized spacial score (nSPS) is 18.8. The third-order valence-electron chi connectivity index (χ3n) is 2.60. The highest BCUT2D eigenvalue weighted by atomic mass is 32.1. The number of hydrogen-bond donors (Lipinski definition) is 1. The van der Waals surface area contributed by atoms with Gasteiger partial charge in [-0.25, -0.2) is 9.78 Å². The standard InChI is InChI=1S/C16H16N2O3S/c1-9(2)8-21-13-5-4-11(6-12(13)7-17)15-18-10(3)14(22-15)16(19)20/h4-6,9H,8H2,1-3H3,(H,19,20)/i1D3,2D3,8D2,9D. The van der Waals surface area contributed by atoms with Gasteiger partial charge in [-0.2, -0.15) is 5.26 Å². The first-order chi connectivity index (χ1) is 14.0. The van der Waals surface area contributed by atoms with Crippen molar-refractivity contribution in [3.63, 3.8) is 0 Å². The van der Waals surface area contributed by atoms with Gasteiger partial charge >= 0.3 is 5.97 Å². The first-order valence-corrected chi connectivity index (χ1v) is 6.72. The lowest BCUT2D eigenvalue weighted by molar-refractivity contribution is 0.0701. The Labute approximate surface area is 145 Å². The van der Waals surface area contributed by atoms with Gasteiger partial charge in [0, 0.05) is 15.2 Å². The molecular weight excluding hydrogens is 300 g/mol. The number of ether oxygens (including phenoxy) is 1. The summed E-state index contributed by atoms with van der Waals surface area (Å²) in [6, 6.07) is 5.37. The molecular formula is C16H16N2O3S. The number of carbonyl (C=O) groups is 1. The number of aromatic carboxylic acids is 1. The number of carboxylic acids is 1. The molecule has 0 radical (unpaired) electrons. The van der Waals surface area contributed by atoms with Crippen molar-refractivity contribution in [2.45, 2.75) is 20.6 Å². The maximum atomic E-state index is 11.2. The fourth-order valence-corrected chi connectivity index (χ4v) is 2.57. The molecule has 0 aliphatic heterocycles. The first kappa shape index (κ1) is 7.75. The SMILES string of the molecule is [2H]C([2H])([2H])C([2H])(C([2H])([2H])[2H])C([2H])([2H])Oc1ccc(-c2nc(C)c(C(=O)O)s2)cc1C#N. The van der Waals surface area contributed by atoms with E-state index in [0.717, 1.165) is 17.4 Å². The highest BCUT2D eigenvalue weighted by Crippen LogP contribution is 2.31. The molecule has 1 aromatic carbocycles. The van der Waals surface area contributed by atoms with E-state index in [-0.39, 0.29) is 21.1 Å². The Balaban J connectivity index is 2.52. The molecule has 1 heterocycles. The molecule has 0 aliphatic carbocycles. The fraction of sp³-hybridized carbons (Fsp3) is 0.312. The largest absolute Gasteiger partial charge is 0.492 e. The molecule has 2 rings (SSSR count). The van der Waals surface area contributed by atoms with Gasteiger partial charge in [0.2, 0.25) is 0 Å². The summed E-state index contributed by atoms with van der Waals surface area (Å²) < 4.78 is 73.3. The maximum absolute atomic E-state index is 11.2. The number of nitriles is 1. The Kier molecular flexibility index (Phi) is 2.32. The van der Waals surface area contributed by atoms with Gasteiger partial charge in [-0.1, -0.05) is 13.7 Å². The minimum absolute atomic E-state index is 0.000452. The van der Waals surface area contributed by atoms with Crippen LogP contribution in [0.4, 0.5) is 0 Å². The van der Waals surface area contributed by atoms with Crippen LogP contribution in [0.5, 0.6) is 5.75 Å². The Morgan fingerprint density at radius 1 is 1.68 bits per heavy atom. The number of hydrogen-bond acceptors (Lipinski definition) is 5. The summed E-state index contributed by atoms with van der Waals surface area (Å²) in [6.07, 6.45) is 0. The molecule has 6 heteroatoms. The quantitative estimate of drug-likeness (QED) is 0.905. The lowest BCUT2D eigenvalue weighted by atomic mass is 10.1. The van der Waals surface area contributed by atoms with Crippen LogP contribution in [0.25, 0.3) is 10.6 Å². The van der Waals surface area contributed by atoms with E-state index in [9.17, 15) is 10.1 Å². The maximum Gasteiger partial charge on any atom is 0.347 e. The van der Waals surface area contributed by atoms with Gasteiger partial charge in [0.25, 0.3) is 0 Å². The number of aryl methyl sites for hydroxylation is 1. The summed E-state index contributed by atoms with van der Waals surface area (Å²) in [7, 11) is 0. The molecule has 1 N–H and O–H groups in total. The molecule has 0 fully saturated rings. The van der Waals surface area contributed by atoms with E-state index in [1.165, 1.54) is 19.1 Å². The van der Waals surface area contributed by atoms with Gasteiger partial charge in [0.15, 0.2) is 0 Å². The third kappa shape index (κ3) is 3.43. The summed E-state index contributed by atoms with van der Waals surface area (Å²) in [4.78, 5) is 15.3. The van der Waals surface area contributed by atoms with Crippen LogP contribution < -0.4 is 4.74 Å². The van der Waals surface area contributed by atoms with Crippen LogP contribution in [0.3, 0.4) is 0 Å². The van der Waals surface area contributed by atoms with E-state index in [1.54, 1.807) is 6.07 Å². The molecule has 5 nitrogen and oxygen atoms in total. The highest BCUT2D eigenvalue weighted by Gasteiger charge is 2.16. The number of nitrogens with zero attached hydrogens (tertiary/aromatic N) is 2. The van der Waals surface area contributed by atoms with Crippen LogP contribution in [-0.2, 0) is 0 Å². The monoisotopic (exact) mass is 325 g/mol. The molecule has 114 valence electrons. The van der Waals surface area contributed by atoms with Crippen molar-refractivity contribution in [1.82, 2.24) is 4.98 Å². The van der Waals surface area contributed by atoms with Crippen molar-refractivity contribution in [3.05, 3.63) is 34.3 Å². The molecule has 1 aromatic heterocycles. The van der Waals surface area contributed by atoms with Crippen LogP contribution in [0, 0.1) is 24.1 Å². The summed E-state index contributed by atoms with van der Waals surface area (Å²) in [6.45, 7) is -9.21. The van der Waals surface area contributed by atoms with Gasteiger partial charge in [-0.3, -0.25) is 0 Å². The van der Waals surface area contributed by atoms with Crippen LogP contribution in [0.15, 0.2) is 18.2 Å². The minimum atomic E-state index is -3.65. The summed E-state index contributed by atoms with van der Waals surface area (Å²) >= 11 is 0.856. The molecule has 0 aliphatic rings. The van der Waals surface area contributed by atoms with Crippen molar-refractivity contribution in [3.8, 4) is 22.4 Å². The van der Waals surface area contributed by atoms with Crippen molar-refractivity contribution < 1.29 is 27.0 Å². The second kappa shape index (κ2) is 6.58. The Morgan fingerprint density at radius 2 is 2.45 bits per heavy atom. The van der Waals surface area contributed by atoms with Crippen LogP contribution in [-0.4, -0.2) is 22.6 Å². The topological polar surface area (TPSA) is 83.2 Å². The number of rotatable bonds is 5. The van der Waals surface area contributed by atoms with E-state index in [1.807, 2.05) is 0 Å². The zero-order valence-electron chi connectivity index (χ0n) is 20.3. The van der Waals surface area contributed by atoms with Crippen LogP contribution in [0.2, 0.25) is 0 Å². The average Bonchev–Trinajstić information content (AvgIpc) is 3.01.